The van der Waals surface area contributed by atoms with E-state index < -0.39 is 0 Å². The molecule has 3 nitrogen and oxygen atoms in total. The maximum absolute atomic E-state index is 11.8. The number of esters is 1. The van der Waals surface area contributed by atoms with Crippen molar-refractivity contribution in [3.05, 3.63) is 11.6 Å². The molecule has 1 aliphatic heterocycles. The lowest BCUT2D eigenvalue weighted by molar-refractivity contribution is -0.138. The number of nitrogens with zero attached hydrogens (tertiary/aromatic N) is 1. The third-order valence-electron chi connectivity index (χ3n) is 4.50. The highest BCUT2D eigenvalue weighted by molar-refractivity contribution is 7.80. The Hall–Kier alpha value is -0.900. The van der Waals surface area contributed by atoms with Gasteiger partial charge in [-0.05, 0) is 24.7 Å². The minimum Gasteiger partial charge on any atom is -0.466 e. The van der Waals surface area contributed by atoms with Crippen molar-refractivity contribution in [1.29, 1.82) is 0 Å². The average Bonchev–Trinajstić information content (AvgIpc) is 2.35. The van der Waals surface area contributed by atoms with E-state index in [-0.39, 0.29) is 5.97 Å². The van der Waals surface area contributed by atoms with Crippen molar-refractivity contribution >= 4 is 23.2 Å². The fourth-order valence-electron chi connectivity index (χ4n) is 3.89. The zero-order valence-electron chi connectivity index (χ0n) is 10.2. The molecule has 0 spiro atoms. The van der Waals surface area contributed by atoms with Gasteiger partial charge in [0.25, 0.3) is 0 Å². The number of carbonyl (C=O) groups is 1. The van der Waals surface area contributed by atoms with Crippen LogP contribution in [0.3, 0.4) is 0 Å². The van der Waals surface area contributed by atoms with Crippen LogP contribution < -0.4 is 0 Å². The number of hydrogen-bond donors (Lipinski definition) is 0. The van der Waals surface area contributed by atoms with Gasteiger partial charge in [0.1, 0.15) is 0 Å². The van der Waals surface area contributed by atoms with E-state index in [9.17, 15) is 4.79 Å². The monoisotopic (exact) mass is 251 g/mol. The Morgan fingerprint density at radius 3 is 3.00 bits per heavy atom. The standard InChI is InChI=1S/C13H17NO2S/c1-14-6-8-3-7-4-9(12(14)17)11(8)10(5-7)13(15)16-2/h5,7-9,11H,3-4,6H2,1-2H3. The van der Waals surface area contributed by atoms with Gasteiger partial charge in [-0.1, -0.05) is 18.3 Å². The maximum atomic E-state index is 11.8. The molecule has 4 rings (SSSR count). The van der Waals surface area contributed by atoms with Gasteiger partial charge in [-0.2, -0.15) is 0 Å². The zero-order valence-corrected chi connectivity index (χ0v) is 11.0. The summed E-state index contributed by atoms with van der Waals surface area (Å²) < 4.78 is 4.91. The number of allylic oxidation sites excluding steroid dienone is 1. The lowest BCUT2D eigenvalue weighted by atomic mass is 9.58. The third-order valence-corrected chi connectivity index (χ3v) is 5.12. The predicted molar refractivity (Wildman–Crippen MR) is 68.5 cm³/mol. The summed E-state index contributed by atoms with van der Waals surface area (Å²) in [6, 6.07) is 0. The number of hydrogen-bond acceptors (Lipinski definition) is 3. The van der Waals surface area contributed by atoms with Crippen molar-refractivity contribution in [2.45, 2.75) is 12.8 Å². The first-order valence-electron chi connectivity index (χ1n) is 6.16. The van der Waals surface area contributed by atoms with Crippen LogP contribution in [-0.2, 0) is 9.53 Å². The SMILES string of the molecule is COC(=O)C1=CC2CC3CN(C)C(=S)C(C2)C13. The molecule has 2 fully saturated rings. The molecule has 1 heterocycles. The highest BCUT2D eigenvalue weighted by Crippen LogP contribution is 2.51. The maximum Gasteiger partial charge on any atom is 0.333 e. The van der Waals surface area contributed by atoms with E-state index in [0.29, 0.717) is 23.7 Å². The Kier molecular flexibility index (Phi) is 2.51. The van der Waals surface area contributed by atoms with Crippen LogP contribution in [0.1, 0.15) is 12.8 Å². The topological polar surface area (TPSA) is 29.5 Å². The molecule has 0 N–H and O–H groups in total. The molecule has 0 radical (unpaired) electrons. The number of carbonyl (C=O) groups excluding carboxylic acids is 1. The van der Waals surface area contributed by atoms with Gasteiger partial charge in [0.15, 0.2) is 0 Å². The van der Waals surface area contributed by atoms with Gasteiger partial charge >= 0.3 is 5.97 Å². The highest BCUT2D eigenvalue weighted by Gasteiger charge is 2.50. The molecule has 0 amide bonds. The number of ether oxygens (including phenoxy) is 1. The van der Waals surface area contributed by atoms with E-state index in [1.54, 1.807) is 0 Å². The molecule has 4 bridgehead atoms. The second-order valence-corrected chi connectivity index (χ2v) is 5.87. The molecule has 1 saturated heterocycles. The molecule has 4 unspecified atom stereocenters. The molecular formula is C13H17NO2S. The van der Waals surface area contributed by atoms with E-state index in [1.165, 1.54) is 13.5 Å². The minimum atomic E-state index is -0.151. The van der Waals surface area contributed by atoms with Gasteiger partial charge in [-0.15, -0.1) is 0 Å². The number of piperidine rings is 1. The molecule has 4 atom stereocenters. The molecule has 4 aliphatic rings. The number of likely N-dealkylation sites (tertiary alicyclic amines) is 1. The van der Waals surface area contributed by atoms with Crippen molar-refractivity contribution in [3.63, 3.8) is 0 Å². The van der Waals surface area contributed by atoms with E-state index in [4.69, 9.17) is 17.0 Å². The molecule has 4 heteroatoms. The van der Waals surface area contributed by atoms with Crippen LogP contribution in [0.25, 0.3) is 0 Å². The molecule has 1 saturated carbocycles. The lowest BCUT2D eigenvalue weighted by Gasteiger charge is -2.52. The van der Waals surface area contributed by atoms with E-state index in [0.717, 1.165) is 23.5 Å². The van der Waals surface area contributed by atoms with Crippen LogP contribution in [0.2, 0.25) is 0 Å². The number of methoxy groups -OCH3 is 1. The summed E-state index contributed by atoms with van der Waals surface area (Å²) in [6.07, 6.45) is 4.46. The molecule has 0 aromatic heterocycles. The smallest absolute Gasteiger partial charge is 0.333 e. The molecule has 3 aliphatic carbocycles. The largest absolute Gasteiger partial charge is 0.466 e. The van der Waals surface area contributed by atoms with Crippen LogP contribution in [0, 0.1) is 23.7 Å². The normalized spacial score (nSPS) is 39.1. The molecule has 17 heavy (non-hydrogen) atoms. The number of thiocarbonyl (C=S) groups is 1. The van der Waals surface area contributed by atoms with E-state index in [2.05, 4.69) is 18.0 Å². The van der Waals surface area contributed by atoms with Crippen LogP contribution in [-0.4, -0.2) is 36.6 Å². The molecular weight excluding hydrogens is 234 g/mol. The highest BCUT2D eigenvalue weighted by atomic mass is 32.1. The van der Waals surface area contributed by atoms with Crippen molar-refractivity contribution in [1.82, 2.24) is 4.90 Å². The van der Waals surface area contributed by atoms with Crippen LogP contribution in [0.15, 0.2) is 11.6 Å². The Balaban J connectivity index is 1.98. The average molecular weight is 251 g/mol. The summed E-state index contributed by atoms with van der Waals surface area (Å²) in [5.74, 6) is 1.65. The van der Waals surface area contributed by atoms with E-state index >= 15 is 0 Å². The predicted octanol–water partition coefficient (Wildman–Crippen LogP) is 1.63. The third kappa shape index (κ3) is 1.53. The van der Waals surface area contributed by atoms with Gasteiger partial charge in [-0.25, -0.2) is 4.79 Å². The summed E-state index contributed by atoms with van der Waals surface area (Å²) in [6.45, 7) is 0.991. The van der Waals surface area contributed by atoms with Crippen LogP contribution in [0.5, 0.6) is 0 Å². The van der Waals surface area contributed by atoms with E-state index in [1.807, 2.05) is 0 Å². The molecule has 0 aromatic rings. The Morgan fingerprint density at radius 2 is 2.29 bits per heavy atom. The lowest BCUT2D eigenvalue weighted by Crippen LogP contribution is -2.54. The Morgan fingerprint density at radius 1 is 1.53 bits per heavy atom. The quantitative estimate of drug-likeness (QED) is 0.523. The Bertz CT molecular complexity index is 418. The van der Waals surface area contributed by atoms with Crippen molar-refractivity contribution < 1.29 is 9.53 Å². The zero-order chi connectivity index (χ0) is 12.2. The van der Waals surface area contributed by atoms with Crippen molar-refractivity contribution in [2.75, 3.05) is 20.7 Å². The fraction of sp³-hybridized carbons (Fsp3) is 0.692. The minimum absolute atomic E-state index is 0.151. The fourth-order valence-corrected chi connectivity index (χ4v) is 4.21. The first-order valence-corrected chi connectivity index (χ1v) is 6.57. The summed E-state index contributed by atoms with van der Waals surface area (Å²) in [7, 11) is 3.54. The Labute approximate surface area is 107 Å². The second-order valence-electron chi connectivity index (χ2n) is 5.46. The molecule has 0 aromatic carbocycles. The van der Waals surface area contributed by atoms with Gasteiger partial charge in [0.05, 0.1) is 12.1 Å². The van der Waals surface area contributed by atoms with Gasteiger partial charge in [-0.3, -0.25) is 0 Å². The van der Waals surface area contributed by atoms with Crippen molar-refractivity contribution in [3.8, 4) is 0 Å². The van der Waals surface area contributed by atoms with Gasteiger partial charge in [0.2, 0.25) is 0 Å². The summed E-state index contributed by atoms with van der Waals surface area (Å²) >= 11 is 5.52. The van der Waals surface area contributed by atoms with Crippen LogP contribution in [0.4, 0.5) is 0 Å². The summed E-state index contributed by atoms with van der Waals surface area (Å²) in [5, 5.41) is 0. The number of rotatable bonds is 1. The summed E-state index contributed by atoms with van der Waals surface area (Å²) in [5.41, 5.74) is 0.889. The summed E-state index contributed by atoms with van der Waals surface area (Å²) in [4.78, 5) is 15.1. The molecule has 92 valence electrons. The van der Waals surface area contributed by atoms with Crippen molar-refractivity contribution in [2.24, 2.45) is 23.7 Å². The first-order chi connectivity index (χ1) is 8.11. The second kappa shape index (κ2) is 3.80. The van der Waals surface area contributed by atoms with Gasteiger partial charge in [0, 0.05) is 31.0 Å². The van der Waals surface area contributed by atoms with Gasteiger partial charge < -0.3 is 9.64 Å². The van der Waals surface area contributed by atoms with Crippen LogP contribution >= 0.6 is 12.2 Å². The first kappa shape index (κ1) is 11.2.